The largest absolute Gasteiger partial charge is 0.310 e. The van der Waals surface area contributed by atoms with Crippen molar-refractivity contribution < 1.29 is 0 Å². The molecule has 258 valence electrons. The highest BCUT2D eigenvalue weighted by atomic mass is 32.1. The van der Waals surface area contributed by atoms with Crippen molar-refractivity contribution in [1.82, 2.24) is 0 Å². The summed E-state index contributed by atoms with van der Waals surface area (Å²) in [6, 6.07) is 73.5. The fraction of sp³-hybridized carbons (Fsp3) is 0.0769. The second-order valence-electron chi connectivity index (χ2n) is 14.5. The summed E-state index contributed by atoms with van der Waals surface area (Å²) in [5.41, 5.74) is 17.9. The van der Waals surface area contributed by atoms with Crippen LogP contribution in [0.1, 0.15) is 46.7 Å². The SMILES string of the molecule is CCC1(S)c2ccccc2-c2cccc(N(c3cccc(-c4ccccc4)c3)c3ccc4c(c3)C(c3ccccc3)(c3ccccc3)c3ccccc3-4)c21. The van der Waals surface area contributed by atoms with Gasteiger partial charge in [0.1, 0.15) is 0 Å². The molecule has 1 unspecified atom stereocenters. The van der Waals surface area contributed by atoms with Gasteiger partial charge in [-0.1, -0.05) is 177 Å². The van der Waals surface area contributed by atoms with Gasteiger partial charge in [0.15, 0.2) is 0 Å². The van der Waals surface area contributed by atoms with Crippen LogP contribution in [0.2, 0.25) is 0 Å². The molecule has 0 heterocycles. The van der Waals surface area contributed by atoms with Crippen LogP contribution in [0.4, 0.5) is 17.1 Å². The number of hydrogen-bond donors (Lipinski definition) is 1. The van der Waals surface area contributed by atoms with Gasteiger partial charge in [-0.15, -0.1) is 0 Å². The summed E-state index contributed by atoms with van der Waals surface area (Å²) >= 11 is 5.60. The van der Waals surface area contributed by atoms with Gasteiger partial charge >= 0.3 is 0 Å². The second kappa shape index (κ2) is 12.8. The summed E-state index contributed by atoms with van der Waals surface area (Å²) in [4.78, 5) is 2.49. The van der Waals surface area contributed by atoms with E-state index < -0.39 is 10.2 Å². The topological polar surface area (TPSA) is 3.24 Å². The molecule has 2 aliphatic carbocycles. The molecule has 8 aromatic rings. The summed E-state index contributed by atoms with van der Waals surface area (Å²) in [5.74, 6) is 0. The molecule has 0 aromatic heterocycles. The summed E-state index contributed by atoms with van der Waals surface area (Å²) in [6.07, 6.45) is 0.861. The molecule has 0 N–H and O–H groups in total. The number of anilines is 3. The molecule has 10 rings (SSSR count). The normalized spacial score (nSPS) is 15.9. The molecule has 0 spiro atoms. The van der Waals surface area contributed by atoms with Crippen LogP contribution in [0.5, 0.6) is 0 Å². The van der Waals surface area contributed by atoms with E-state index in [1.807, 2.05) is 0 Å². The maximum atomic E-state index is 5.60. The summed E-state index contributed by atoms with van der Waals surface area (Å²) < 4.78 is -0.456. The fourth-order valence-corrected chi connectivity index (χ4v) is 9.85. The van der Waals surface area contributed by atoms with Crippen molar-refractivity contribution in [2.24, 2.45) is 0 Å². The van der Waals surface area contributed by atoms with Crippen molar-refractivity contribution >= 4 is 29.7 Å². The van der Waals surface area contributed by atoms with Gasteiger partial charge in [0, 0.05) is 16.9 Å². The van der Waals surface area contributed by atoms with E-state index in [-0.39, 0.29) is 0 Å². The van der Waals surface area contributed by atoms with Crippen LogP contribution >= 0.6 is 12.6 Å². The van der Waals surface area contributed by atoms with Gasteiger partial charge in [-0.2, -0.15) is 12.6 Å². The van der Waals surface area contributed by atoms with Crippen molar-refractivity contribution in [3.05, 3.63) is 234 Å². The maximum Gasteiger partial charge on any atom is 0.0714 e. The first-order chi connectivity index (χ1) is 26.6. The molecule has 8 aromatic carbocycles. The molecule has 54 heavy (non-hydrogen) atoms. The molecule has 0 radical (unpaired) electrons. The molecule has 0 bridgehead atoms. The lowest BCUT2D eigenvalue weighted by molar-refractivity contribution is 0.735. The Kier molecular flexibility index (Phi) is 7.71. The van der Waals surface area contributed by atoms with E-state index in [2.05, 4.69) is 212 Å². The van der Waals surface area contributed by atoms with Crippen LogP contribution in [0, 0.1) is 0 Å². The molecule has 0 saturated heterocycles. The van der Waals surface area contributed by atoms with Gasteiger partial charge in [-0.05, 0) is 98.0 Å². The van der Waals surface area contributed by atoms with Crippen molar-refractivity contribution in [3.8, 4) is 33.4 Å². The Labute approximate surface area is 323 Å². The molecule has 0 fully saturated rings. The van der Waals surface area contributed by atoms with E-state index in [1.165, 1.54) is 66.8 Å². The lowest BCUT2D eigenvalue weighted by Crippen LogP contribution is -2.28. The van der Waals surface area contributed by atoms with Crippen molar-refractivity contribution in [1.29, 1.82) is 0 Å². The average Bonchev–Trinajstić information content (AvgIpc) is 3.69. The molecule has 0 saturated carbocycles. The first-order valence-corrected chi connectivity index (χ1v) is 19.3. The van der Waals surface area contributed by atoms with Crippen LogP contribution in [-0.2, 0) is 10.2 Å². The molecule has 2 heteroatoms. The zero-order valence-electron chi connectivity index (χ0n) is 30.2. The number of hydrogen-bond acceptors (Lipinski definition) is 2. The second-order valence-corrected chi connectivity index (χ2v) is 15.2. The standard InChI is InChI=1S/C52H39NS/c1-2-51(54)46-29-14-12-27-43(46)45-28-17-31-49(50(45)51)53(40-25-16-20-37(34-40)36-18-6-3-7-19-36)41-32-33-44-42-26-13-15-30-47(42)52(48(44)35-41,38-21-8-4-9-22-38)39-23-10-5-11-24-39/h3-35,54H,2H2,1H3. The smallest absolute Gasteiger partial charge is 0.0714 e. The highest BCUT2D eigenvalue weighted by Crippen LogP contribution is 2.60. The van der Waals surface area contributed by atoms with E-state index in [9.17, 15) is 0 Å². The average molecular weight is 710 g/mol. The Hall–Kier alpha value is -6.09. The Balaban J connectivity index is 1.28. The minimum atomic E-state index is -0.506. The number of benzene rings is 8. The molecular weight excluding hydrogens is 671 g/mol. The number of fused-ring (bicyclic) bond motifs is 6. The molecule has 0 aliphatic heterocycles. The van der Waals surface area contributed by atoms with Crippen LogP contribution in [0.15, 0.2) is 200 Å². The Bertz CT molecular complexity index is 2630. The number of rotatable bonds is 7. The first kappa shape index (κ1) is 32.6. The maximum absolute atomic E-state index is 5.60. The zero-order valence-corrected chi connectivity index (χ0v) is 31.0. The minimum Gasteiger partial charge on any atom is -0.310 e. The molecule has 1 atom stereocenters. The van der Waals surface area contributed by atoms with Gasteiger partial charge in [-0.25, -0.2) is 0 Å². The lowest BCUT2D eigenvalue weighted by atomic mass is 9.67. The summed E-state index contributed by atoms with van der Waals surface area (Å²) in [5, 5.41) is 0. The monoisotopic (exact) mass is 709 g/mol. The van der Waals surface area contributed by atoms with Crippen LogP contribution in [0.3, 0.4) is 0 Å². The highest BCUT2D eigenvalue weighted by molar-refractivity contribution is 7.81. The van der Waals surface area contributed by atoms with Gasteiger partial charge in [0.2, 0.25) is 0 Å². The third-order valence-electron chi connectivity index (χ3n) is 11.8. The van der Waals surface area contributed by atoms with Gasteiger partial charge in [0.25, 0.3) is 0 Å². The quantitative estimate of drug-likeness (QED) is 0.161. The third kappa shape index (κ3) is 4.73. The van der Waals surface area contributed by atoms with Gasteiger partial charge < -0.3 is 4.90 Å². The molecule has 0 amide bonds. The number of thiol groups is 1. The van der Waals surface area contributed by atoms with Crippen molar-refractivity contribution in [3.63, 3.8) is 0 Å². The van der Waals surface area contributed by atoms with Crippen molar-refractivity contribution in [2.45, 2.75) is 23.5 Å². The Morgan fingerprint density at radius 3 is 1.63 bits per heavy atom. The van der Waals surface area contributed by atoms with E-state index >= 15 is 0 Å². The van der Waals surface area contributed by atoms with Crippen LogP contribution in [-0.4, -0.2) is 0 Å². The molecule has 1 nitrogen and oxygen atoms in total. The van der Waals surface area contributed by atoms with E-state index in [0.717, 1.165) is 23.5 Å². The Morgan fingerprint density at radius 1 is 0.426 bits per heavy atom. The minimum absolute atomic E-state index is 0.456. The first-order valence-electron chi connectivity index (χ1n) is 18.9. The van der Waals surface area contributed by atoms with Gasteiger partial charge in [0.05, 0.1) is 15.8 Å². The zero-order chi connectivity index (χ0) is 36.3. The van der Waals surface area contributed by atoms with Crippen LogP contribution < -0.4 is 4.90 Å². The molecule has 2 aliphatic rings. The van der Waals surface area contributed by atoms with E-state index in [4.69, 9.17) is 12.6 Å². The lowest BCUT2D eigenvalue weighted by Gasteiger charge is -2.36. The van der Waals surface area contributed by atoms with Gasteiger partial charge in [-0.3, -0.25) is 0 Å². The highest BCUT2D eigenvalue weighted by Gasteiger charge is 2.47. The van der Waals surface area contributed by atoms with E-state index in [0.29, 0.717) is 0 Å². The predicted molar refractivity (Wildman–Crippen MR) is 229 cm³/mol. The number of nitrogens with zero attached hydrogens (tertiary/aromatic N) is 1. The van der Waals surface area contributed by atoms with E-state index in [1.54, 1.807) is 0 Å². The summed E-state index contributed by atoms with van der Waals surface area (Å²) in [6.45, 7) is 2.26. The third-order valence-corrected chi connectivity index (χ3v) is 12.6. The van der Waals surface area contributed by atoms with Crippen molar-refractivity contribution in [2.75, 3.05) is 4.90 Å². The predicted octanol–water partition coefficient (Wildman–Crippen LogP) is 13.8. The summed E-state index contributed by atoms with van der Waals surface area (Å²) in [7, 11) is 0. The van der Waals surface area contributed by atoms with Crippen LogP contribution in [0.25, 0.3) is 33.4 Å². The fourth-order valence-electron chi connectivity index (χ4n) is 9.42. The Morgan fingerprint density at radius 2 is 0.944 bits per heavy atom. The molecular formula is C52H39NS.